The average Bonchev–Trinajstić information content (AvgIpc) is 2.91. The van der Waals surface area contributed by atoms with Crippen molar-refractivity contribution in [3.8, 4) is 0 Å². The van der Waals surface area contributed by atoms with Crippen LogP contribution in [0.5, 0.6) is 0 Å². The molecule has 0 radical (unpaired) electrons. The van der Waals surface area contributed by atoms with Crippen LogP contribution in [0.2, 0.25) is 0 Å². The van der Waals surface area contributed by atoms with Gasteiger partial charge in [0.1, 0.15) is 0 Å². The standard InChI is InChI=1S/C13H17N5O2S/c1-14-6-7-18-13(15-16-17-18)21-9-11-5-3-2-4-10(11)8-12(19)20/h2-5,14H,6-9H2,1H3,(H,19,20). The Morgan fingerprint density at radius 2 is 2.14 bits per heavy atom. The Kier molecular flexibility index (Phi) is 5.70. The molecular weight excluding hydrogens is 290 g/mol. The SMILES string of the molecule is CNCCn1nnnc1SCc1ccccc1CC(=O)O. The number of likely N-dealkylation sites (N-methyl/N-ethyl adjacent to an activating group) is 1. The first-order valence-electron chi connectivity index (χ1n) is 6.53. The molecule has 0 spiro atoms. The Hall–Kier alpha value is -1.93. The average molecular weight is 307 g/mol. The summed E-state index contributed by atoms with van der Waals surface area (Å²) in [4.78, 5) is 10.9. The molecule has 0 atom stereocenters. The van der Waals surface area contributed by atoms with Gasteiger partial charge in [0.25, 0.3) is 0 Å². The van der Waals surface area contributed by atoms with E-state index in [2.05, 4.69) is 20.8 Å². The largest absolute Gasteiger partial charge is 0.481 e. The number of tetrazole rings is 1. The van der Waals surface area contributed by atoms with Gasteiger partial charge in [-0.25, -0.2) is 4.68 Å². The molecule has 2 N–H and O–H groups in total. The highest BCUT2D eigenvalue weighted by atomic mass is 32.2. The van der Waals surface area contributed by atoms with Crippen LogP contribution in [0.4, 0.5) is 0 Å². The van der Waals surface area contributed by atoms with Gasteiger partial charge in [0, 0.05) is 12.3 Å². The quantitative estimate of drug-likeness (QED) is 0.697. The number of aromatic nitrogens is 4. The van der Waals surface area contributed by atoms with Crippen molar-refractivity contribution >= 4 is 17.7 Å². The third-order valence-electron chi connectivity index (χ3n) is 2.89. The minimum atomic E-state index is -0.827. The van der Waals surface area contributed by atoms with Gasteiger partial charge in [0.15, 0.2) is 0 Å². The fourth-order valence-electron chi connectivity index (χ4n) is 1.83. The van der Waals surface area contributed by atoms with Crippen LogP contribution >= 0.6 is 11.8 Å². The molecular formula is C13H17N5O2S. The molecule has 0 fully saturated rings. The number of carbonyl (C=O) groups is 1. The number of nitrogens with zero attached hydrogens (tertiary/aromatic N) is 4. The van der Waals surface area contributed by atoms with E-state index in [1.54, 1.807) is 4.68 Å². The molecule has 0 bridgehead atoms. The normalized spacial score (nSPS) is 10.7. The molecule has 0 saturated heterocycles. The molecule has 1 heterocycles. The molecule has 21 heavy (non-hydrogen) atoms. The topological polar surface area (TPSA) is 92.9 Å². The lowest BCUT2D eigenvalue weighted by atomic mass is 10.1. The summed E-state index contributed by atoms with van der Waals surface area (Å²) in [5.41, 5.74) is 1.82. The van der Waals surface area contributed by atoms with Crippen molar-refractivity contribution in [2.24, 2.45) is 0 Å². The van der Waals surface area contributed by atoms with Crippen LogP contribution in [0.15, 0.2) is 29.4 Å². The third-order valence-corrected chi connectivity index (χ3v) is 3.90. The first kappa shape index (κ1) is 15.5. The van der Waals surface area contributed by atoms with Crippen LogP contribution in [0.1, 0.15) is 11.1 Å². The molecule has 2 rings (SSSR count). The van der Waals surface area contributed by atoms with Gasteiger partial charge in [0.2, 0.25) is 5.16 Å². The van der Waals surface area contributed by atoms with Crippen LogP contribution in [0.25, 0.3) is 0 Å². The maximum atomic E-state index is 10.9. The van der Waals surface area contributed by atoms with Gasteiger partial charge in [-0.3, -0.25) is 4.79 Å². The number of hydrogen-bond acceptors (Lipinski definition) is 6. The van der Waals surface area contributed by atoms with E-state index in [-0.39, 0.29) is 6.42 Å². The predicted octanol–water partition coefficient (Wildman–Crippen LogP) is 0.812. The molecule has 2 aromatic rings. The van der Waals surface area contributed by atoms with E-state index < -0.39 is 5.97 Å². The lowest BCUT2D eigenvalue weighted by molar-refractivity contribution is -0.136. The lowest BCUT2D eigenvalue weighted by Gasteiger charge is -2.07. The first-order valence-corrected chi connectivity index (χ1v) is 7.51. The van der Waals surface area contributed by atoms with E-state index in [0.29, 0.717) is 12.3 Å². The molecule has 0 unspecified atom stereocenters. The second-order valence-corrected chi connectivity index (χ2v) is 5.36. The molecule has 0 saturated carbocycles. The van der Waals surface area contributed by atoms with E-state index in [1.807, 2.05) is 31.3 Å². The summed E-state index contributed by atoms with van der Waals surface area (Å²) in [5, 5.41) is 24.3. The number of aliphatic carboxylic acids is 1. The number of carboxylic acid groups (broad SMARTS) is 1. The van der Waals surface area contributed by atoms with Crippen molar-refractivity contribution in [2.75, 3.05) is 13.6 Å². The van der Waals surface area contributed by atoms with Gasteiger partial charge in [-0.1, -0.05) is 36.0 Å². The Balaban J connectivity index is 2.03. The van der Waals surface area contributed by atoms with Gasteiger partial charge >= 0.3 is 5.97 Å². The number of carboxylic acids is 1. The zero-order valence-corrected chi connectivity index (χ0v) is 12.5. The summed E-state index contributed by atoms with van der Waals surface area (Å²) in [6.07, 6.45) is 0.0292. The summed E-state index contributed by atoms with van der Waals surface area (Å²) in [7, 11) is 1.87. The predicted molar refractivity (Wildman–Crippen MR) is 79.1 cm³/mol. The summed E-state index contributed by atoms with van der Waals surface area (Å²) < 4.78 is 1.74. The summed E-state index contributed by atoms with van der Waals surface area (Å²) in [5.74, 6) is -0.185. The van der Waals surface area contributed by atoms with Crippen LogP contribution < -0.4 is 5.32 Å². The van der Waals surface area contributed by atoms with Crippen molar-refractivity contribution < 1.29 is 9.90 Å². The van der Waals surface area contributed by atoms with Crippen molar-refractivity contribution in [1.82, 2.24) is 25.5 Å². The maximum Gasteiger partial charge on any atom is 0.307 e. The van der Waals surface area contributed by atoms with Gasteiger partial charge in [-0.2, -0.15) is 0 Å². The Morgan fingerprint density at radius 1 is 1.38 bits per heavy atom. The third kappa shape index (κ3) is 4.54. The number of rotatable bonds is 8. The zero-order valence-electron chi connectivity index (χ0n) is 11.7. The molecule has 0 aliphatic rings. The monoisotopic (exact) mass is 307 g/mol. The van der Waals surface area contributed by atoms with Gasteiger partial charge in [0.05, 0.1) is 13.0 Å². The Morgan fingerprint density at radius 3 is 2.86 bits per heavy atom. The lowest BCUT2D eigenvalue weighted by Crippen LogP contribution is -2.16. The molecule has 0 aliphatic heterocycles. The van der Waals surface area contributed by atoms with E-state index in [9.17, 15) is 4.79 Å². The molecule has 0 aliphatic carbocycles. The van der Waals surface area contributed by atoms with Crippen LogP contribution in [-0.2, 0) is 23.5 Å². The number of thioether (sulfide) groups is 1. The molecule has 0 amide bonds. The maximum absolute atomic E-state index is 10.9. The molecule has 1 aromatic heterocycles. The van der Waals surface area contributed by atoms with Crippen molar-refractivity contribution in [3.63, 3.8) is 0 Å². The van der Waals surface area contributed by atoms with Crippen molar-refractivity contribution in [2.45, 2.75) is 23.9 Å². The summed E-state index contributed by atoms with van der Waals surface area (Å²) in [6.45, 7) is 1.48. The number of hydrogen-bond donors (Lipinski definition) is 2. The van der Waals surface area contributed by atoms with Gasteiger partial charge in [-0.15, -0.1) is 5.10 Å². The first-order chi connectivity index (χ1) is 10.2. The van der Waals surface area contributed by atoms with Crippen molar-refractivity contribution in [3.05, 3.63) is 35.4 Å². The van der Waals surface area contributed by atoms with Gasteiger partial charge in [-0.05, 0) is 28.6 Å². The van der Waals surface area contributed by atoms with E-state index in [1.165, 1.54) is 11.8 Å². The highest BCUT2D eigenvalue weighted by Gasteiger charge is 2.10. The summed E-state index contributed by atoms with van der Waals surface area (Å²) in [6, 6.07) is 7.54. The van der Waals surface area contributed by atoms with Gasteiger partial charge < -0.3 is 10.4 Å². The number of nitrogens with one attached hydrogen (secondary N) is 1. The second-order valence-electron chi connectivity index (χ2n) is 4.42. The van der Waals surface area contributed by atoms with E-state index in [0.717, 1.165) is 22.8 Å². The minimum absolute atomic E-state index is 0.0292. The zero-order chi connectivity index (χ0) is 15.1. The molecule has 112 valence electrons. The Bertz CT molecular complexity index is 602. The van der Waals surface area contributed by atoms with E-state index in [4.69, 9.17) is 5.11 Å². The minimum Gasteiger partial charge on any atom is -0.481 e. The smallest absolute Gasteiger partial charge is 0.307 e. The molecule has 1 aromatic carbocycles. The fraction of sp³-hybridized carbons (Fsp3) is 0.385. The highest BCUT2D eigenvalue weighted by Crippen LogP contribution is 2.22. The fourth-order valence-corrected chi connectivity index (χ4v) is 2.77. The van der Waals surface area contributed by atoms with Crippen LogP contribution in [-0.4, -0.2) is 44.9 Å². The number of benzene rings is 1. The van der Waals surface area contributed by atoms with Crippen LogP contribution in [0.3, 0.4) is 0 Å². The van der Waals surface area contributed by atoms with Crippen LogP contribution in [0, 0.1) is 0 Å². The molecule has 7 nitrogen and oxygen atoms in total. The second kappa shape index (κ2) is 7.75. The van der Waals surface area contributed by atoms with E-state index >= 15 is 0 Å². The van der Waals surface area contributed by atoms with Crippen molar-refractivity contribution in [1.29, 1.82) is 0 Å². The summed E-state index contributed by atoms with van der Waals surface area (Å²) >= 11 is 1.50. The highest BCUT2D eigenvalue weighted by molar-refractivity contribution is 7.98. The molecule has 8 heteroatoms. The Labute approximate surface area is 126 Å².